The number of carbonyl (C=O) groups is 3. The number of amides is 3. The predicted molar refractivity (Wildman–Crippen MR) is 98.5 cm³/mol. The zero-order valence-electron chi connectivity index (χ0n) is 15.4. The molecule has 0 unspecified atom stereocenters. The highest BCUT2D eigenvalue weighted by atomic mass is 16.2. The van der Waals surface area contributed by atoms with E-state index in [1.807, 2.05) is 32.0 Å². The molecular weight excluding hydrogens is 318 g/mol. The Balaban J connectivity index is 2.18. The molecule has 1 aliphatic heterocycles. The smallest absolute Gasteiger partial charge is 0.246 e. The van der Waals surface area contributed by atoms with Crippen LogP contribution in [0.3, 0.4) is 0 Å². The summed E-state index contributed by atoms with van der Waals surface area (Å²) >= 11 is 0. The first-order valence-electron chi connectivity index (χ1n) is 8.77. The van der Waals surface area contributed by atoms with E-state index in [1.165, 1.54) is 6.92 Å². The van der Waals surface area contributed by atoms with E-state index < -0.39 is 6.04 Å². The van der Waals surface area contributed by atoms with Gasteiger partial charge in [-0.15, -0.1) is 0 Å². The van der Waals surface area contributed by atoms with Gasteiger partial charge in [-0.1, -0.05) is 19.9 Å². The third kappa shape index (κ3) is 5.05. The van der Waals surface area contributed by atoms with Crippen LogP contribution in [0.15, 0.2) is 18.2 Å². The Morgan fingerprint density at radius 1 is 1.20 bits per heavy atom. The molecule has 25 heavy (non-hydrogen) atoms. The van der Waals surface area contributed by atoms with E-state index >= 15 is 0 Å². The number of carbonyl (C=O) groups excluding carboxylic acids is 3. The van der Waals surface area contributed by atoms with Crippen molar-refractivity contribution in [3.05, 3.63) is 23.8 Å². The lowest BCUT2D eigenvalue weighted by molar-refractivity contribution is -0.125. The van der Waals surface area contributed by atoms with Gasteiger partial charge in [-0.2, -0.15) is 0 Å². The molecule has 3 amide bonds. The van der Waals surface area contributed by atoms with Gasteiger partial charge in [0.05, 0.1) is 0 Å². The van der Waals surface area contributed by atoms with Crippen LogP contribution in [0.25, 0.3) is 0 Å². The zero-order chi connectivity index (χ0) is 18.6. The van der Waals surface area contributed by atoms with E-state index in [9.17, 15) is 14.4 Å². The summed E-state index contributed by atoms with van der Waals surface area (Å²) in [6.07, 6.45) is 2.43. The fourth-order valence-corrected chi connectivity index (χ4v) is 3.16. The molecule has 0 spiro atoms. The van der Waals surface area contributed by atoms with E-state index in [2.05, 4.69) is 10.6 Å². The molecule has 1 aliphatic rings. The third-order valence-electron chi connectivity index (χ3n) is 4.25. The van der Waals surface area contributed by atoms with Crippen molar-refractivity contribution < 1.29 is 14.4 Å². The summed E-state index contributed by atoms with van der Waals surface area (Å²) < 4.78 is 0. The first-order chi connectivity index (χ1) is 11.8. The van der Waals surface area contributed by atoms with E-state index in [1.54, 1.807) is 11.8 Å². The SMILES string of the molecule is CC(=O)N[C@@H](CC(C)C)C(=O)Nc1ccc2c(c1)N(C(C)=O)CCC2. The van der Waals surface area contributed by atoms with Gasteiger partial charge >= 0.3 is 0 Å². The lowest BCUT2D eigenvalue weighted by Gasteiger charge is -2.29. The zero-order valence-corrected chi connectivity index (χ0v) is 15.4. The summed E-state index contributed by atoms with van der Waals surface area (Å²) in [6.45, 7) is 7.67. The van der Waals surface area contributed by atoms with Crippen molar-refractivity contribution in [1.29, 1.82) is 0 Å². The molecule has 0 aromatic heterocycles. The maximum Gasteiger partial charge on any atom is 0.246 e. The van der Waals surface area contributed by atoms with Crippen molar-refractivity contribution in [2.75, 3.05) is 16.8 Å². The fraction of sp³-hybridized carbons (Fsp3) is 0.526. The highest BCUT2D eigenvalue weighted by Crippen LogP contribution is 2.30. The molecule has 0 bridgehead atoms. The van der Waals surface area contributed by atoms with Gasteiger partial charge in [0.1, 0.15) is 6.04 Å². The van der Waals surface area contributed by atoms with Crippen molar-refractivity contribution in [3.8, 4) is 0 Å². The van der Waals surface area contributed by atoms with Crippen molar-refractivity contribution in [2.45, 2.75) is 53.0 Å². The predicted octanol–water partition coefficient (Wildman–Crippen LogP) is 2.48. The molecule has 1 heterocycles. The minimum Gasteiger partial charge on any atom is -0.345 e. The highest BCUT2D eigenvalue weighted by molar-refractivity contribution is 5.98. The molecule has 136 valence electrons. The first-order valence-corrected chi connectivity index (χ1v) is 8.77. The average molecular weight is 345 g/mol. The average Bonchev–Trinajstić information content (AvgIpc) is 2.52. The Morgan fingerprint density at radius 3 is 2.52 bits per heavy atom. The Kier molecular flexibility index (Phi) is 6.17. The van der Waals surface area contributed by atoms with Crippen LogP contribution in [0.5, 0.6) is 0 Å². The molecule has 1 atom stereocenters. The van der Waals surface area contributed by atoms with Crippen LogP contribution in [0.2, 0.25) is 0 Å². The quantitative estimate of drug-likeness (QED) is 0.860. The Labute approximate surface area is 149 Å². The molecule has 0 radical (unpaired) electrons. The Morgan fingerprint density at radius 2 is 1.92 bits per heavy atom. The summed E-state index contributed by atoms with van der Waals surface area (Å²) in [7, 11) is 0. The fourth-order valence-electron chi connectivity index (χ4n) is 3.16. The normalized spacial score (nSPS) is 14.7. The van der Waals surface area contributed by atoms with E-state index in [0.717, 1.165) is 24.1 Å². The molecular formula is C19H27N3O3. The van der Waals surface area contributed by atoms with Gasteiger partial charge in [-0.05, 0) is 42.9 Å². The van der Waals surface area contributed by atoms with Gasteiger partial charge < -0.3 is 15.5 Å². The highest BCUT2D eigenvalue weighted by Gasteiger charge is 2.23. The number of benzene rings is 1. The van der Waals surface area contributed by atoms with Gasteiger partial charge in [0.2, 0.25) is 17.7 Å². The van der Waals surface area contributed by atoms with Gasteiger partial charge in [-0.25, -0.2) is 0 Å². The molecule has 6 heteroatoms. The van der Waals surface area contributed by atoms with Crippen molar-refractivity contribution >= 4 is 29.1 Å². The topological polar surface area (TPSA) is 78.5 Å². The summed E-state index contributed by atoms with van der Waals surface area (Å²) in [4.78, 5) is 37.5. The molecule has 0 saturated heterocycles. The summed E-state index contributed by atoms with van der Waals surface area (Å²) in [5.74, 6) is -0.192. The number of fused-ring (bicyclic) bond motifs is 1. The number of aryl methyl sites for hydroxylation is 1. The van der Waals surface area contributed by atoms with Crippen LogP contribution in [0.4, 0.5) is 11.4 Å². The molecule has 0 saturated carbocycles. The lowest BCUT2D eigenvalue weighted by atomic mass is 10.0. The third-order valence-corrected chi connectivity index (χ3v) is 4.25. The van der Waals surface area contributed by atoms with Crippen LogP contribution >= 0.6 is 0 Å². The van der Waals surface area contributed by atoms with Crippen LogP contribution in [0.1, 0.15) is 46.1 Å². The molecule has 1 aromatic carbocycles. The van der Waals surface area contributed by atoms with Gasteiger partial charge in [-0.3, -0.25) is 14.4 Å². The van der Waals surface area contributed by atoms with Crippen LogP contribution in [-0.2, 0) is 20.8 Å². The van der Waals surface area contributed by atoms with E-state index in [4.69, 9.17) is 0 Å². The second-order valence-corrected chi connectivity index (χ2v) is 6.99. The second-order valence-electron chi connectivity index (χ2n) is 6.99. The van der Waals surface area contributed by atoms with Crippen molar-refractivity contribution in [3.63, 3.8) is 0 Å². The minimum absolute atomic E-state index is 0.000331. The number of nitrogens with zero attached hydrogens (tertiary/aromatic N) is 1. The number of hydrogen-bond acceptors (Lipinski definition) is 3. The molecule has 0 aliphatic carbocycles. The summed E-state index contributed by atoms with van der Waals surface area (Å²) in [5.41, 5.74) is 2.60. The molecule has 6 nitrogen and oxygen atoms in total. The molecule has 2 N–H and O–H groups in total. The Hall–Kier alpha value is -2.37. The van der Waals surface area contributed by atoms with Crippen LogP contribution < -0.4 is 15.5 Å². The molecule has 2 rings (SSSR count). The number of rotatable bonds is 5. The monoisotopic (exact) mass is 345 g/mol. The summed E-state index contributed by atoms with van der Waals surface area (Å²) in [6, 6.07) is 5.07. The number of anilines is 2. The number of nitrogens with one attached hydrogen (secondary N) is 2. The first kappa shape index (κ1) is 19.0. The minimum atomic E-state index is -0.572. The van der Waals surface area contributed by atoms with Crippen LogP contribution in [-0.4, -0.2) is 30.3 Å². The summed E-state index contributed by atoms with van der Waals surface area (Å²) in [5, 5.41) is 5.58. The van der Waals surface area contributed by atoms with Gasteiger partial charge in [0, 0.05) is 31.8 Å². The second kappa shape index (κ2) is 8.14. The van der Waals surface area contributed by atoms with E-state index in [0.29, 0.717) is 18.7 Å². The largest absolute Gasteiger partial charge is 0.345 e. The maximum atomic E-state index is 12.6. The van der Waals surface area contributed by atoms with Gasteiger partial charge in [0.15, 0.2) is 0 Å². The lowest BCUT2D eigenvalue weighted by Crippen LogP contribution is -2.43. The standard InChI is InChI=1S/C19H27N3O3/c1-12(2)10-17(20-13(3)23)19(25)21-16-8-7-15-6-5-9-22(14(4)24)18(15)11-16/h7-8,11-12,17H,5-6,9-10H2,1-4H3,(H,20,23)(H,21,25)/t17-/m0/s1. The molecule has 1 aromatic rings. The Bertz CT molecular complexity index is 670. The van der Waals surface area contributed by atoms with Crippen molar-refractivity contribution in [2.24, 2.45) is 5.92 Å². The maximum absolute atomic E-state index is 12.6. The molecule has 0 fully saturated rings. The number of hydrogen-bond donors (Lipinski definition) is 2. The van der Waals surface area contributed by atoms with Gasteiger partial charge in [0.25, 0.3) is 0 Å². The van der Waals surface area contributed by atoms with Crippen molar-refractivity contribution in [1.82, 2.24) is 5.32 Å². The van der Waals surface area contributed by atoms with Crippen LogP contribution in [0, 0.1) is 5.92 Å². The van der Waals surface area contributed by atoms with E-state index in [-0.39, 0.29) is 23.6 Å².